The number of aliphatic carboxylic acids is 1. The zero-order valence-electron chi connectivity index (χ0n) is 12.2. The summed E-state index contributed by atoms with van der Waals surface area (Å²) in [5.41, 5.74) is 0. The largest absolute Gasteiger partial charge is 0.480 e. The van der Waals surface area contributed by atoms with E-state index in [0.717, 1.165) is 0 Å². The molecule has 1 saturated carbocycles. The topological polar surface area (TPSA) is 66.4 Å². The minimum absolute atomic E-state index is 0.0433. The fraction of sp³-hybridized carbons (Fsp3) is 0.857. The maximum Gasteiger partial charge on any atom is 0.391 e. The minimum Gasteiger partial charge on any atom is -0.480 e. The summed E-state index contributed by atoms with van der Waals surface area (Å²) in [5.74, 6) is -3.87. The standard InChI is InChI=1S/C14H22F3NO3/c1-8(2)6-11(13(20)21)18-12(19)9-4-3-5-10(7-9)14(15,16)17/h8-11H,3-7H2,1-2H3,(H,18,19)(H,20,21). The van der Waals surface area contributed by atoms with Gasteiger partial charge in [0.25, 0.3) is 0 Å². The van der Waals surface area contributed by atoms with Crippen LogP contribution in [0, 0.1) is 17.8 Å². The lowest BCUT2D eigenvalue weighted by atomic mass is 9.80. The number of nitrogens with one attached hydrogen (secondary N) is 1. The van der Waals surface area contributed by atoms with Crippen LogP contribution in [0.5, 0.6) is 0 Å². The second-order valence-electron chi connectivity index (χ2n) is 6.13. The van der Waals surface area contributed by atoms with Gasteiger partial charge in [-0.2, -0.15) is 13.2 Å². The van der Waals surface area contributed by atoms with E-state index in [4.69, 9.17) is 5.11 Å². The van der Waals surface area contributed by atoms with E-state index in [1.807, 2.05) is 13.8 Å². The zero-order valence-corrected chi connectivity index (χ0v) is 12.2. The van der Waals surface area contributed by atoms with Crippen molar-refractivity contribution in [3.63, 3.8) is 0 Å². The van der Waals surface area contributed by atoms with Crippen LogP contribution in [-0.2, 0) is 9.59 Å². The van der Waals surface area contributed by atoms with Crippen molar-refractivity contribution in [2.75, 3.05) is 0 Å². The molecule has 0 aromatic carbocycles. The number of alkyl halides is 3. The lowest BCUT2D eigenvalue weighted by Gasteiger charge is -2.30. The molecule has 4 nitrogen and oxygen atoms in total. The number of carbonyl (C=O) groups is 2. The lowest BCUT2D eigenvalue weighted by Crippen LogP contribution is -2.46. The normalized spacial score (nSPS) is 24.7. The average Bonchev–Trinajstić information content (AvgIpc) is 2.36. The second kappa shape index (κ2) is 7.13. The fourth-order valence-corrected chi connectivity index (χ4v) is 2.71. The van der Waals surface area contributed by atoms with Crippen LogP contribution in [0.1, 0.15) is 46.0 Å². The predicted molar refractivity (Wildman–Crippen MR) is 70.5 cm³/mol. The monoisotopic (exact) mass is 309 g/mol. The molecule has 0 saturated heterocycles. The smallest absolute Gasteiger partial charge is 0.391 e. The van der Waals surface area contributed by atoms with Crippen LogP contribution in [0.15, 0.2) is 0 Å². The molecular weight excluding hydrogens is 287 g/mol. The highest BCUT2D eigenvalue weighted by Crippen LogP contribution is 2.39. The van der Waals surface area contributed by atoms with Crippen LogP contribution >= 0.6 is 0 Å². The van der Waals surface area contributed by atoms with Crippen LogP contribution in [0.3, 0.4) is 0 Å². The van der Waals surface area contributed by atoms with Gasteiger partial charge >= 0.3 is 12.1 Å². The molecule has 2 N–H and O–H groups in total. The molecule has 1 amide bonds. The lowest BCUT2D eigenvalue weighted by molar-refractivity contribution is -0.186. The highest BCUT2D eigenvalue weighted by Gasteiger charge is 2.43. The first-order valence-corrected chi connectivity index (χ1v) is 7.21. The first kappa shape index (κ1) is 17.8. The van der Waals surface area contributed by atoms with Gasteiger partial charge in [0, 0.05) is 5.92 Å². The van der Waals surface area contributed by atoms with E-state index in [9.17, 15) is 22.8 Å². The molecule has 0 aromatic heterocycles. The third-order valence-corrected chi connectivity index (χ3v) is 3.83. The van der Waals surface area contributed by atoms with Crippen LogP contribution in [0.2, 0.25) is 0 Å². The Bertz CT molecular complexity index is 382. The van der Waals surface area contributed by atoms with Crippen molar-refractivity contribution in [3.8, 4) is 0 Å². The number of hydrogen-bond donors (Lipinski definition) is 2. The van der Waals surface area contributed by atoms with Crippen molar-refractivity contribution >= 4 is 11.9 Å². The van der Waals surface area contributed by atoms with Crippen LogP contribution in [0.4, 0.5) is 13.2 Å². The molecule has 1 aliphatic carbocycles. The van der Waals surface area contributed by atoms with Gasteiger partial charge in [-0.15, -0.1) is 0 Å². The summed E-state index contributed by atoms with van der Waals surface area (Å²) in [4.78, 5) is 23.1. The molecule has 3 unspecified atom stereocenters. The number of halogens is 3. The molecule has 1 fully saturated rings. The molecule has 0 bridgehead atoms. The van der Waals surface area contributed by atoms with Crippen LogP contribution in [-0.4, -0.2) is 29.2 Å². The third kappa shape index (κ3) is 5.55. The first-order chi connectivity index (χ1) is 9.61. The molecule has 3 atom stereocenters. The van der Waals surface area contributed by atoms with Crippen molar-refractivity contribution < 1.29 is 27.9 Å². The maximum atomic E-state index is 12.7. The average molecular weight is 309 g/mol. The van der Waals surface area contributed by atoms with Crippen molar-refractivity contribution in [1.29, 1.82) is 0 Å². The summed E-state index contributed by atoms with van der Waals surface area (Å²) in [7, 11) is 0. The van der Waals surface area contributed by atoms with Gasteiger partial charge in [-0.3, -0.25) is 4.79 Å². The van der Waals surface area contributed by atoms with E-state index >= 15 is 0 Å². The Morgan fingerprint density at radius 3 is 2.38 bits per heavy atom. The Morgan fingerprint density at radius 2 is 1.90 bits per heavy atom. The number of amides is 1. The summed E-state index contributed by atoms with van der Waals surface area (Å²) < 4.78 is 38.1. The molecule has 0 spiro atoms. The van der Waals surface area contributed by atoms with E-state index in [1.54, 1.807) is 0 Å². The number of carboxylic acid groups (broad SMARTS) is 1. The zero-order chi connectivity index (χ0) is 16.2. The molecule has 0 radical (unpaired) electrons. The van der Waals surface area contributed by atoms with E-state index in [0.29, 0.717) is 12.8 Å². The van der Waals surface area contributed by atoms with Crippen molar-refractivity contribution in [3.05, 3.63) is 0 Å². The van der Waals surface area contributed by atoms with Gasteiger partial charge in [-0.25, -0.2) is 4.79 Å². The Hall–Kier alpha value is -1.27. The summed E-state index contributed by atoms with van der Waals surface area (Å²) >= 11 is 0. The van der Waals surface area contributed by atoms with Gasteiger partial charge in [0.1, 0.15) is 6.04 Å². The Labute approximate surface area is 122 Å². The quantitative estimate of drug-likeness (QED) is 0.820. The van der Waals surface area contributed by atoms with E-state index in [1.165, 1.54) is 0 Å². The van der Waals surface area contributed by atoms with E-state index in [2.05, 4.69) is 5.32 Å². The molecule has 1 aliphatic rings. The van der Waals surface area contributed by atoms with Crippen molar-refractivity contribution in [2.45, 2.75) is 58.2 Å². The van der Waals surface area contributed by atoms with Gasteiger partial charge in [0.05, 0.1) is 5.92 Å². The van der Waals surface area contributed by atoms with Crippen molar-refractivity contribution in [2.24, 2.45) is 17.8 Å². The Kier molecular flexibility index (Phi) is 6.04. The Morgan fingerprint density at radius 1 is 1.29 bits per heavy atom. The molecule has 0 aromatic rings. The maximum absolute atomic E-state index is 12.7. The minimum atomic E-state index is -4.29. The van der Waals surface area contributed by atoms with E-state index < -0.39 is 35.9 Å². The molecular formula is C14H22F3NO3. The molecule has 21 heavy (non-hydrogen) atoms. The summed E-state index contributed by atoms with van der Waals surface area (Å²) in [6.07, 6.45) is -3.51. The van der Waals surface area contributed by atoms with Crippen molar-refractivity contribution in [1.82, 2.24) is 5.32 Å². The fourth-order valence-electron chi connectivity index (χ4n) is 2.71. The highest BCUT2D eigenvalue weighted by molar-refractivity contribution is 5.85. The van der Waals surface area contributed by atoms with E-state index in [-0.39, 0.29) is 25.2 Å². The molecule has 0 aliphatic heterocycles. The number of carboxylic acids is 1. The predicted octanol–water partition coefficient (Wildman–Crippen LogP) is 2.97. The SMILES string of the molecule is CC(C)CC(NC(=O)C1CCCC(C(F)(F)F)C1)C(=O)O. The molecule has 7 heteroatoms. The molecule has 122 valence electrons. The summed E-state index contributed by atoms with van der Waals surface area (Å²) in [5, 5.41) is 11.4. The molecule has 0 heterocycles. The summed E-state index contributed by atoms with van der Waals surface area (Å²) in [6.45, 7) is 3.64. The number of rotatable bonds is 5. The van der Waals surface area contributed by atoms with Gasteiger partial charge in [0.15, 0.2) is 0 Å². The number of hydrogen-bond acceptors (Lipinski definition) is 2. The number of carbonyl (C=O) groups excluding carboxylic acids is 1. The van der Waals surface area contributed by atoms with Gasteiger partial charge < -0.3 is 10.4 Å². The van der Waals surface area contributed by atoms with Crippen LogP contribution in [0.25, 0.3) is 0 Å². The van der Waals surface area contributed by atoms with Gasteiger partial charge in [0.2, 0.25) is 5.91 Å². The summed E-state index contributed by atoms with van der Waals surface area (Å²) in [6, 6.07) is -1.04. The van der Waals surface area contributed by atoms with Gasteiger partial charge in [-0.05, 0) is 31.6 Å². The highest BCUT2D eigenvalue weighted by atomic mass is 19.4. The van der Waals surface area contributed by atoms with Gasteiger partial charge in [-0.1, -0.05) is 20.3 Å². The van der Waals surface area contributed by atoms with Crippen LogP contribution < -0.4 is 5.32 Å². The molecule has 1 rings (SSSR count). The second-order valence-corrected chi connectivity index (χ2v) is 6.13. The first-order valence-electron chi connectivity index (χ1n) is 7.21. The Balaban J connectivity index is 2.63. The third-order valence-electron chi connectivity index (χ3n) is 3.83.